The molecule has 1 amide bonds. The van der Waals surface area contributed by atoms with E-state index in [4.69, 9.17) is 0 Å². The highest BCUT2D eigenvalue weighted by Gasteiger charge is 2.13. The minimum Gasteiger partial charge on any atom is -0.508 e. The van der Waals surface area contributed by atoms with Crippen molar-refractivity contribution in [3.63, 3.8) is 0 Å². The topological polar surface area (TPSA) is 60.8 Å². The van der Waals surface area contributed by atoms with Crippen LogP contribution in [-0.4, -0.2) is 34.6 Å². The van der Waals surface area contributed by atoms with E-state index < -0.39 is 0 Å². The summed E-state index contributed by atoms with van der Waals surface area (Å²) < 4.78 is 0. The minimum absolute atomic E-state index is 0.121. The second-order valence-corrected chi connectivity index (χ2v) is 4.70. The van der Waals surface area contributed by atoms with Crippen molar-refractivity contribution in [1.82, 2.24) is 4.90 Å². The van der Waals surface area contributed by atoms with Gasteiger partial charge in [0.25, 0.3) is 5.91 Å². The number of carbonyl (C=O) groups excluding carboxylic acids is 1. The molecule has 0 aliphatic carbocycles. The Hall–Kier alpha value is -2.49. The molecule has 20 heavy (non-hydrogen) atoms. The summed E-state index contributed by atoms with van der Waals surface area (Å²) in [6.07, 6.45) is 0.758. The maximum Gasteiger partial charge on any atom is 0.253 e. The van der Waals surface area contributed by atoms with Gasteiger partial charge in [-0.2, -0.15) is 0 Å². The van der Waals surface area contributed by atoms with Crippen molar-refractivity contribution in [2.75, 3.05) is 13.6 Å². The normalized spacial score (nSPS) is 10.2. The molecule has 0 saturated carbocycles. The number of phenols is 2. The monoisotopic (exact) mass is 271 g/mol. The van der Waals surface area contributed by atoms with E-state index >= 15 is 0 Å². The molecular weight excluding hydrogens is 254 g/mol. The number of phenolic OH excluding ortho intramolecular Hbond substituents is 2. The fourth-order valence-corrected chi connectivity index (χ4v) is 1.98. The number of rotatable bonds is 4. The van der Waals surface area contributed by atoms with Crippen LogP contribution in [0, 0.1) is 0 Å². The second kappa shape index (κ2) is 6.10. The van der Waals surface area contributed by atoms with Gasteiger partial charge in [0.05, 0.1) is 0 Å². The molecule has 0 saturated heterocycles. The third-order valence-electron chi connectivity index (χ3n) is 3.07. The molecule has 0 aliphatic heterocycles. The lowest BCUT2D eigenvalue weighted by Crippen LogP contribution is -2.28. The largest absolute Gasteiger partial charge is 0.508 e. The first-order valence-electron chi connectivity index (χ1n) is 6.38. The molecule has 0 bridgehead atoms. The van der Waals surface area contributed by atoms with Crippen LogP contribution in [0.15, 0.2) is 48.5 Å². The van der Waals surface area contributed by atoms with E-state index in [1.54, 1.807) is 11.9 Å². The number of aromatic hydroxyl groups is 2. The van der Waals surface area contributed by atoms with Crippen LogP contribution in [0.3, 0.4) is 0 Å². The number of hydrogen-bond acceptors (Lipinski definition) is 3. The molecule has 2 N–H and O–H groups in total. The van der Waals surface area contributed by atoms with Gasteiger partial charge in [-0.25, -0.2) is 0 Å². The quantitative estimate of drug-likeness (QED) is 0.897. The lowest BCUT2D eigenvalue weighted by atomic mass is 10.1. The van der Waals surface area contributed by atoms with E-state index in [-0.39, 0.29) is 23.0 Å². The number of benzene rings is 2. The molecule has 2 aromatic carbocycles. The third kappa shape index (κ3) is 3.51. The maximum absolute atomic E-state index is 12.2. The fraction of sp³-hybridized carbons (Fsp3) is 0.188. The summed E-state index contributed by atoms with van der Waals surface area (Å²) in [7, 11) is 1.70. The summed E-state index contributed by atoms with van der Waals surface area (Å²) in [5.41, 5.74) is 1.43. The zero-order valence-electron chi connectivity index (χ0n) is 11.3. The van der Waals surface area contributed by atoms with Crippen LogP contribution >= 0.6 is 0 Å². The summed E-state index contributed by atoms with van der Waals surface area (Å²) in [6.45, 7) is 0.569. The average molecular weight is 271 g/mol. The van der Waals surface area contributed by atoms with E-state index in [2.05, 4.69) is 0 Å². The summed E-state index contributed by atoms with van der Waals surface area (Å²) in [5, 5.41) is 18.8. The van der Waals surface area contributed by atoms with Crippen LogP contribution in [0.25, 0.3) is 0 Å². The van der Waals surface area contributed by atoms with E-state index in [1.165, 1.54) is 18.2 Å². The Morgan fingerprint density at radius 3 is 2.25 bits per heavy atom. The van der Waals surface area contributed by atoms with Gasteiger partial charge in [0, 0.05) is 25.2 Å². The maximum atomic E-state index is 12.2. The Morgan fingerprint density at radius 1 is 1.05 bits per heavy atom. The Balaban J connectivity index is 2.01. The third-order valence-corrected chi connectivity index (χ3v) is 3.07. The SMILES string of the molecule is CN(CCc1ccccc1)C(=O)c1cc(O)cc(O)c1. The van der Waals surface area contributed by atoms with Crippen LogP contribution in [0.2, 0.25) is 0 Å². The van der Waals surface area contributed by atoms with Gasteiger partial charge in [-0.1, -0.05) is 30.3 Å². The summed E-state index contributed by atoms with van der Waals surface area (Å²) in [5.74, 6) is -0.471. The first kappa shape index (κ1) is 13.9. The Bertz CT molecular complexity index is 576. The minimum atomic E-state index is -0.230. The van der Waals surface area contributed by atoms with Crippen molar-refractivity contribution >= 4 is 5.91 Å². The molecule has 0 fully saturated rings. The predicted molar refractivity (Wildman–Crippen MR) is 76.9 cm³/mol. The summed E-state index contributed by atoms with van der Waals surface area (Å²) in [4.78, 5) is 13.7. The van der Waals surface area contributed by atoms with Crippen molar-refractivity contribution in [3.05, 3.63) is 59.7 Å². The van der Waals surface area contributed by atoms with Crippen molar-refractivity contribution in [2.24, 2.45) is 0 Å². The van der Waals surface area contributed by atoms with Crippen LogP contribution in [-0.2, 0) is 6.42 Å². The molecule has 104 valence electrons. The van der Waals surface area contributed by atoms with Gasteiger partial charge < -0.3 is 15.1 Å². The predicted octanol–water partition coefficient (Wildman–Crippen LogP) is 2.41. The smallest absolute Gasteiger partial charge is 0.253 e. The number of likely N-dealkylation sites (N-methyl/N-ethyl adjacent to an activating group) is 1. The fourth-order valence-electron chi connectivity index (χ4n) is 1.98. The number of hydrogen-bond donors (Lipinski definition) is 2. The lowest BCUT2D eigenvalue weighted by Gasteiger charge is -2.17. The van der Waals surface area contributed by atoms with E-state index in [0.29, 0.717) is 6.54 Å². The molecule has 2 aromatic rings. The van der Waals surface area contributed by atoms with Gasteiger partial charge in [0.15, 0.2) is 0 Å². The lowest BCUT2D eigenvalue weighted by molar-refractivity contribution is 0.0796. The summed E-state index contributed by atoms with van der Waals surface area (Å²) in [6, 6.07) is 13.8. The van der Waals surface area contributed by atoms with Gasteiger partial charge in [-0.3, -0.25) is 4.79 Å². The number of carbonyl (C=O) groups is 1. The molecule has 2 rings (SSSR count). The molecule has 0 atom stereocenters. The zero-order chi connectivity index (χ0) is 14.5. The Kier molecular flexibility index (Phi) is 4.25. The number of amides is 1. The first-order valence-corrected chi connectivity index (χ1v) is 6.38. The van der Waals surface area contributed by atoms with Gasteiger partial charge in [-0.15, -0.1) is 0 Å². The van der Waals surface area contributed by atoms with Gasteiger partial charge in [-0.05, 0) is 24.1 Å². The number of nitrogens with zero attached hydrogens (tertiary/aromatic N) is 1. The molecule has 0 aromatic heterocycles. The average Bonchev–Trinajstić information content (AvgIpc) is 2.44. The van der Waals surface area contributed by atoms with Crippen molar-refractivity contribution in [1.29, 1.82) is 0 Å². The van der Waals surface area contributed by atoms with Crippen molar-refractivity contribution in [3.8, 4) is 11.5 Å². The standard InChI is InChI=1S/C16H17NO3/c1-17(8-7-12-5-3-2-4-6-12)16(20)13-9-14(18)11-15(19)10-13/h2-6,9-11,18-19H,7-8H2,1H3. The van der Waals surface area contributed by atoms with Gasteiger partial charge in [0.2, 0.25) is 0 Å². The van der Waals surface area contributed by atoms with Gasteiger partial charge >= 0.3 is 0 Å². The highest BCUT2D eigenvalue weighted by atomic mass is 16.3. The van der Waals surface area contributed by atoms with Crippen molar-refractivity contribution < 1.29 is 15.0 Å². The molecule has 0 unspecified atom stereocenters. The second-order valence-electron chi connectivity index (χ2n) is 4.70. The molecule has 4 heteroatoms. The van der Waals surface area contributed by atoms with Crippen LogP contribution in [0.5, 0.6) is 11.5 Å². The van der Waals surface area contributed by atoms with E-state index in [1.807, 2.05) is 30.3 Å². The van der Waals surface area contributed by atoms with Crippen LogP contribution in [0.1, 0.15) is 15.9 Å². The molecule has 0 spiro atoms. The van der Waals surface area contributed by atoms with E-state index in [9.17, 15) is 15.0 Å². The molecule has 4 nitrogen and oxygen atoms in total. The Morgan fingerprint density at radius 2 is 1.65 bits per heavy atom. The Labute approximate surface area is 117 Å². The molecule has 0 aliphatic rings. The van der Waals surface area contributed by atoms with E-state index in [0.717, 1.165) is 12.0 Å². The zero-order valence-corrected chi connectivity index (χ0v) is 11.3. The summed E-state index contributed by atoms with van der Waals surface area (Å²) >= 11 is 0. The van der Waals surface area contributed by atoms with Crippen molar-refractivity contribution in [2.45, 2.75) is 6.42 Å². The highest BCUT2D eigenvalue weighted by molar-refractivity contribution is 5.94. The van der Waals surface area contributed by atoms with Gasteiger partial charge in [0.1, 0.15) is 11.5 Å². The van der Waals surface area contributed by atoms with Crippen LogP contribution < -0.4 is 0 Å². The first-order chi connectivity index (χ1) is 9.56. The molecule has 0 heterocycles. The molecule has 0 radical (unpaired) electrons. The van der Waals surface area contributed by atoms with Crippen LogP contribution in [0.4, 0.5) is 0 Å². The highest BCUT2D eigenvalue weighted by Crippen LogP contribution is 2.21. The molecular formula is C16H17NO3.